The minimum atomic E-state index is -0.0571. The third-order valence-corrected chi connectivity index (χ3v) is 3.98. The fourth-order valence-corrected chi connectivity index (χ4v) is 2.54. The zero-order chi connectivity index (χ0) is 17.4. The van der Waals surface area contributed by atoms with Gasteiger partial charge in [0, 0.05) is 19.6 Å². The number of hydrogen-bond donors (Lipinski definition) is 1. The van der Waals surface area contributed by atoms with Crippen LogP contribution in [0.1, 0.15) is 24.5 Å². The van der Waals surface area contributed by atoms with Gasteiger partial charge in [0.2, 0.25) is 0 Å². The number of hydrogen-bond acceptors (Lipinski definition) is 2. The molecule has 0 aliphatic carbocycles. The monoisotopic (exact) mass is 326 g/mol. The van der Waals surface area contributed by atoms with E-state index in [1.54, 1.807) is 19.1 Å². The Morgan fingerprint density at radius 1 is 1.12 bits per heavy atom. The Bertz CT molecular complexity index is 643. The van der Waals surface area contributed by atoms with Crippen LogP contribution in [0.2, 0.25) is 0 Å². The lowest BCUT2D eigenvalue weighted by Gasteiger charge is -2.21. The van der Waals surface area contributed by atoms with E-state index in [2.05, 4.69) is 17.4 Å². The first kappa shape index (κ1) is 17.9. The first-order valence-electron chi connectivity index (χ1n) is 8.27. The summed E-state index contributed by atoms with van der Waals surface area (Å²) in [4.78, 5) is 14.0. The van der Waals surface area contributed by atoms with E-state index in [0.717, 1.165) is 24.2 Å². The summed E-state index contributed by atoms with van der Waals surface area (Å²) in [6.45, 7) is 2.59. The maximum absolute atomic E-state index is 12.3. The second-order valence-corrected chi connectivity index (χ2v) is 6.08. The summed E-state index contributed by atoms with van der Waals surface area (Å²) in [6.07, 6.45) is 1.88. The number of carbonyl (C=O) groups excluding carboxylic acids is 1. The summed E-state index contributed by atoms with van der Waals surface area (Å²) in [5, 5.41) is 3.05. The molecular weight excluding hydrogens is 300 g/mol. The topological polar surface area (TPSA) is 41.6 Å². The molecule has 24 heavy (non-hydrogen) atoms. The van der Waals surface area contributed by atoms with E-state index >= 15 is 0 Å². The van der Waals surface area contributed by atoms with Crippen LogP contribution >= 0.6 is 0 Å². The predicted octanol–water partition coefficient (Wildman–Crippen LogP) is 3.86. The van der Waals surface area contributed by atoms with Crippen molar-refractivity contribution in [3.05, 3.63) is 65.7 Å². The highest BCUT2D eigenvalue weighted by molar-refractivity contribution is 5.74. The molecule has 4 nitrogen and oxygen atoms in total. The molecule has 0 aromatic heterocycles. The molecule has 0 aliphatic heterocycles. The van der Waals surface area contributed by atoms with Crippen molar-refractivity contribution in [1.82, 2.24) is 10.2 Å². The zero-order valence-electron chi connectivity index (χ0n) is 14.7. The lowest BCUT2D eigenvalue weighted by atomic mass is 10.1. The average Bonchev–Trinajstić information content (AvgIpc) is 2.61. The molecule has 2 aromatic carbocycles. The van der Waals surface area contributed by atoms with Crippen LogP contribution in [0.4, 0.5) is 4.79 Å². The third kappa shape index (κ3) is 5.61. The largest absolute Gasteiger partial charge is 0.497 e. The first-order valence-corrected chi connectivity index (χ1v) is 8.27. The van der Waals surface area contributed by atoms with Crippen LogP contribution in [-0.4, -0.2) is 31.1 Å². The molecule has 0 aliphatic rings. The number of methoxy groups -OCH3 is 1. The Kier molecular flexibility index (Phi) is 6.67. The Hall–Kier alpha value is -2.49. The summed E-state index contributed by atoms with van der Waals surface area (Å²) in [5.74, 6) is 0.803. The molecule has 4 heteroatoms. The van der Waals surface area contributed by atoms with Gasteiger partial charge in [-0.25, -0.2) is 4.79 Å². The normalized spacial score (nSPS) is 11.6. The van der Waals surface area contributed by atoms with Crippen molar-refractivity contribution in [2.75, 3.05) is 14.2 Å². The van der Waals surface area contributed by atoms with Crippen molar-refractivity contribution in [2.24, 2.45) is 0 Å². The molecule has 0 saturated heterocycles. The number of amides is 2. The number of benzene rings is 2. The Morgan fingerprint density at radius 2 is 1.83 bits per heavy atom. The lowest BCUT2D eigenvalue weighted by Crippen LogP contribution is -2.41. The minimum absolute atomic E-state index is 0.0571. The van der Waals surface area contributed by atoms with E-state index in [-0.39, 0.29) is 12.1 Å². The molecule has 0 radical (unpaired) electrons. The second kappa shape index (κ2) is 8.96. The lowest BCUT2D eigenvalue weighted by molar-refractivity contribution is 0.203. The standard InChI is InChI=1S/C20H26N2O2/c1-16(12-13-17-8-5-4-6-9-17)21-20(23)22(2)15-18-10-7-11-19(14-18)24-3/h4-11,14,16H,12-13,15H2,1-3H3,(H,21,23). The number of rotatable bonds is 7. The highest BCUT2D eigenvalue weighted by atomic mass is 16.5. The second-order valence-electron chi connectivity index (χ2n) is 6.08. The van der Waals surface area contributed by atoms with Gasteiger partial charge in [0.05, 0.1) is 7.11 Å². The van der Waals surface area contributed by atoms with Crippen molar-refractivity contribution in [3.63, 3.8) is 0 Å². The smallest absolute Gasteiger partial charge is 0.317 e. The van der Waals surface area contributed by atoms with Crippen molar-refractivity contribution in [2.45, 2.75) is 32.4 Å². The van der Waals surface area contributed by atoms with Crippen LogP contribution in [0, 0.1) is 0 Å². The van der Waals surface area contributed by atoms with Gasteiger partial charge in [0.1, 0.15) is 5.75 Å². The minimum Gasteiger partial charge on any atom is -0.497 e. The maximum Gasteiger partial charge on any atom is 0.317 e. The summed E-state index contributed by atoms with van der Waals surface area (Å²) in [6, 6.07) is 18.2. The number of nitrogens with one attached hydrogen (secondary N) is 1. The zero-order valence-corrected chi connectivity index (χ0v) is 14.7. The molecule has 0 bridgehead atoms. The van der Waals surface area contributed by atoms with Gasteiger partial charge < -0.3 is 15.0 Å². The highest BCUT2D eigenvalue weighted by Gasteiger charge is 2.12. The molecule has 2 aromatic rings. The Labute approximate surface area is 144 Å². The van der Waals surface area contributed by atoms with Crippen LogP contribution in [0.5, 0.6) is 5.75 Å². The highest BCUT2D eigenvalue weighted by Crippen LogP contribution is 2.14. The molecule has 0 spiro atoms. The van der Waals surface area contributed by atoms with Crippen LogP contribution in [0.15, 0.2) is 54.6 Å². The first-order chi connectivity index (χ1) is 11.6. The van der Waals surface area contributed by atoms with E-state index in [1.165, 1.54) is 5.56 Å². The van der Waals surface area contributed by atoms with E-state index in [9.17, 15) is 4.79 Å². The number of urea groups is 1. The Balaban J connectivity index is 1.79. The fourth-order valence-electron chi connectivity index (χ4n) is 2.54. The van der Waals surface area contributed by atoms with E-state index in [0.29, 0.717) is 6.54 Å². The van der Waals surface area contributed by atoms with E-state index in [4.69, 9.17) is 4.74 Å². The third-order valence-electron chi connectivity index (χ3n) is 3.98. The molecule has 0 fully saturated rings. The van der Waals surface area contributed by atoms with E-state index < -0.39 is 0 Å². The number of aryl methyl sites for hydroxylation is 1. The van der Waals surface area contributed by atoms with Gasteiger partial charge in [0.15, 0.2) is 0 Å². The quantitative estimate of drug-likeness (QED) is 0.839. The molecule has 1 atom stereocenters. The number of ether oxygens (including phenoxy) is 1. The molecule has 0 heterocycles. The molecular formula is C20H26N2O2. The summed E-state index contributed by atoms with van der Waals surface area (Å²) in [7, 11) is 3.45. The molecule has 1 N–H and O–H groups in total. The van der Waals surface area contributed by atoms with Gasteiger partial charge in [-0.05, 0) is 43.0 Å². The van der Waals surface area contributed by atoms with Crippen LogP contribution in [-0.2, 0) is 13.0 Å². The van der Waals surface area contributed by atoms with Gasteiger partial charge in [-0.3, -0.25) is 0 Å². The number of carbonyl (C=O) groups is 1. The predicted molar refractivity (Wildman–Crippen MR) is 97.2 cm³/mol. The van der Waals surface area contributed by atoms with Gasteiger partial charge in [-0.2, -0.15) is 0 Å². The van der Waals surface area contributed by atoms with Gasteiger partial charge in [-0.15, -0.1) is 0 Å². The van der Waals surface area contributed by atoms with Crippen molar-refractivity contribution in [3.8, 4) is 5.75 Å². The van der Waals surface area contributed by atoms with Crippen LogP contribution < -0.4 is 10.1 Å². The molecule has 2 rings (SSSR count). The van der Waals surface area contributed by atoms with Gasteiger partial charge in [0.25, 0.3) is 0 Å². The SMILES string of the molecule is COc1cccc(CN(C)C(=O)NC(C)CCc2ccccc2)c1. The molecule has 0 saturated carbocycles. The molecule has 1 unspecified atom stereocenters. The number of nitrogens with zero attached hydrogens (tertiary/aromatic N) is 1. The Morgan fingerprint density at radius 3 is 2.54 bits per heavy atom. The van der Waals surface area contributed by atoms with Crippen molar-refractivity contribution in [1.29, 1.82) is 0 Å². The molecule has 2 amide bonds. The maximum atomic E-state index is 12.3. The van der Waals surface area contributed by atoms with Crippen molar-refractivity contribution >= 4 is 6.03 Å². The van der Waals surface area contributed by atoms with Gasteiger partial charge >= 0.3 is 6.03 Å². The van der Waals surface area contributed by atoms with Crippen LogP contribution in [0.25, 0.3) is 0 Å². The van der Waals surface area contributed by atoms with Gasteiger partial charge in [-0.1, -0.05) is 42.5 Å². The fraction of sp³-hybridized carbons (Fsp3) is 0.350. The average molecular weight is 326 g/mol. The van der Waals surface area contributed by atoms with Crippen molar-refractivity contribution < 1.29 is 9.53 Å². The summed E-state index contributed by atoms with van der Waals surface area (Å²) in [5.41, 5.74) is 2.34. The van der Waals surface area contributed by atoms with Crippen LogP contribution in [0.3, 0.4) is 0 Å². The van der Waals surface area contributed by atoms with E-state index in [1.807, 2.05) is 49.4 Å². The summed E-state index contributed by atoms with van der Waals surface area (Å²) >= 11 is 0. The summed E-state index contributed by atoms with van der Waals surface area (Å²) < 4.78 is 5.22. The molecule has 128 valence electrons.